The first kappa shape index (κ1) is 31.4. The lowest BCUT2D eigenvalue weighted by atomic mass is 10.1. The molecule has 41 heavy (non-hydrogen) atoms. The Morgan fingerprint density at radius 2 is 1.71 bits per heavy atom. The summed E-state index contributed by atoms with van der Waals surface area (Å²) in [5, 5.41) is 7.96. The molecule has 0 aliphatic heterocycles. The van der Waals surface area contributed by atoms with Crippen molar-refractivity contribution >= 4 is 40.8 Å². The minimum Gasteiger partial charge on any atom is -0.454 e. The first-order valence-corrected chi connectivity index (χ1v) is 13.6. The van der Waals surface area contributed by atoms with Crippen LogP contribution in [0.5, 0.6) is 11.5 Å². The van der Waals surface area contributed by atoms with Crippen molar-refractivity contribution in [2.45, 2.75) is 26.7 Å². The zero-order valence-corrected chi connectivity index (χ0v) is 24.1. The van der Waals surface area contributed by atoms with Crippen LogP contribution in [-0.2, 0) is 11.2 Å². The van der Waals surface area contributed by atoms with E-state index in [1.807, 2.05) is 0 Å². The average molecular weight is 585 g/mol. The topological polar surface area (TPSA) is 98.8 Å². The number of thiocarbonyl (C=S) groups is 1. The van der Waals surface area contributed by atoms with Crippen LogP contribution in [0.1, 0.15) is 25.8 Å². The number of nitrogens with one attached hydrogen (secondary N) is 3. The zero-order chi connectivity index (χ0) is 29.8. The first-order chi connectivity index (χ1) is 19.7. The van der Waals surface area contributed by atoms with Crippen molar-refractivity contribution in [3.05, 3.63) is 78.0 Å². The summed E-state index contributed by atoms with van der Waals surface area (Å²) in [7, 11) is 1.71. The fraction of sp³-hybridized carbons (Fsp3) is 0.310. The van der Waals surface area contributed by atoms with E-state index in [4.69, 9.17) is 17.0 Å². The van der Waals surface area contributed by atoms with Crippen molar-refractivity contribution in [2.24, 2.45) is 0 Å². The maximum absolute atomic E-state index is 14.8. The predicted molar refractivity (Wildman–Crippen MR) is 159 cm³/mol. The number of amides is 3. The van der Waals surface area contributed by atoms with Crippen LogP contribution in [0.25, 0.3) is 0 Å². The van der Waals surface area contributed by atoms with Gasteiger partial charge >= 0.3 is 6.03 Å². The molecule has 0 saturated carbocycles. The summed E-state index contributed by atoms with van der Waals surface area (Å²) in [6.07, 6.45) is 2.30. The predicted octanol–water partition coefficient (Wildman–Crippen LogP) is 5.40. The number of halogens is 2. The van der Waals surface area contributed by atoms with Crippen LogP contribution in [0.2, 0.25) is 0 Å². The molecule has 3 amide bonds. The zero-order valence-electron chi connectivity index (χ0n) is 23.2. The van der Waals surface area contributed by atoms with Crippen LogP contribution in [0.3, 0.4) is 0 Å². The fourth-order valence-corrected chi connectivity index (χ4v) is 4.06. The number of nitrogens with zero attached hydrogens (tertiary/aromatic N) is 3. The van der Waals surface area contributed by atoms with E-state index in [0.29, 0.717) is 17.8 Å². The molecule has 3 rings (SSSR count). The molecule has 2 aromatic carbocycles. The third kappa shape index (κ3) is 10.4. The number of carbonyl (C=O) groups is 2. The lowest BCUT2D eigenvalue weighted by Crippen LogP contribution is -2.35. The van der Waals surface area contributed by atoms with Gasteiger partial charge in [0.05, 0.1) is 6.42 Å². The Bertz CT molecular complexity index is 1340. The van der Waals surface area contributed by atoms with Gasteiger partial charge in [-0.3, -0.25) is 10.1 Å². The van der Waals surface area contributed by atoms with E-state index >= 15 is 0 Å². The average Bonchev–Trinajstić information content (AvgIpc) is 2.94. The number of anilines is 2. The highest BCUT2D eigenvalue weighted by atomic mass is 32.1. The summed E-state index contributed by atoms with van der Waals surface area (Å²) in [6.45, 7) is 7.64. The van der Waals surface area contributed by atoms with E-state index in [9.17, 15) is 18.4 Å². The fourth-order valence-electron chi connectivity index (χ4n) is 3.83. The first-order valence-electron chi connectivity index (χ1n) is 13.2. The summed E-state index contributed by atoms with van der Waals surface area (Å²) < 4.78 is 33.5. The molecule has 3 aromatic rings. The molecule has 218 valence electrons. The number of ether oxygens (including phenoxy) is 1. The molecule has 1 heterocycles. The molecule has 0 atom stereocenters. The largest absolute Gasteiger partial charge is 0.454 e. The van der Waals surface area contributed by atoms with Crippen molar-refractivity contribution < 1.29 is 23.1 Å². The van der Waals surface area contributed by atoms with Crippen molar-refractivity contribution in [1.29, 1.82) is 0 Å². The Hall–Kier alpha value is -4.16. The summed E-state index contributed by atoms with van der Waals surface area (Å²) in [5.74, 6) is -0.978. The highest BCUT2D eigenvalue weighted by Gasteiger charge is 2.13. The smallest absolute Gasteiger partial charge is 0.322 e. The van der Waals surface area contributed by atoms with Crippen LogP contribution in [0, 0.1) is 11.6 Å². The second-order valence-electron chi connectivity index (χ2n) is 9.16. The minimum atomic E-state index is -0.675. The van der Waals surface area contributed by atoms with Crippen LogP contribution >= 0.6 is 12.2 Å². The minimum absolute atomic E-state index is 0.00452. The molecule has 3 N–H and O–H groups in total. The maximum atomic E-state index is 14.8. The van der Waals surface area contributed by atoms with Gasteiger partial charge in [-0.2, -0.15) is 0 Å². The molecule has 0 fully saturated rings. The molecule has 0 radical (unpaired) electrons. The lowest BCUT2D eigenvalue weighted by Gasteiger charge is -2.21. The second kappa shape index (κ2) is 15.6. The second-order valence-corrected chi connectivity index (χ2v) is 9.57. The third-order valence-corrected chi connectivity index (χ3v) is 6.33. The molecule has 9 nitrogen and oxygen atoms in total. The van der Waals surface area contributed by atoms with Crippen LogP contribution in [0.4, 0.5) is 25.1 Å². The summed E-state index contributed by atoms with van der Waals surface area (Å²) in [4.78, 5) is 32.8. The van der Waals surface area contributed by atoms with Gasteiger partial charge < -0.3 is 25.2 Å². The van der Waals surface area contributed by atoms with Gasteiger partial charge in [0.1, 0.15) is 17.4 Å². The van der Waals surface area contributed by atoms with E-state index in [1.165, 1.54) is 54.7 Å². The van der Waals surface area contributed by atoms with Crippen molar-refractivity contribution in [3.63, 3.8) is 0 Å². The van der Waals surface area contributed by atoms with Crippen LogP contribution in [0.15, 0.2) is 60.8 Å². The van der Waals surface area contributed by atoms with Gasteiger partial charge in [-0.25, -0.2) is 18.6 Å². The van der Waals surface area contributed by atoms with Gasteiger partial charge in [0, 0.05) is 37.6 Å². The van der Waals surface area contributed by atoms with Crippen LogP contribution in [-0.4, -0.2) is 65.1 Å². The Morgan fingerprint density at radius 3 is 2.39 bits per heavy atom. The quantitative estimate of drug-likeness (QED) is 0.245. The standard InChI is InChI=1S/C29H34F2N6O3S/c1-4-37(5-2)16-6-15-36(3)29(39)34-26-19-23(13-14-32-26)40-25-12-11-22(18-24(25)31)33-28(41)35-27(38)17-20-7-9-21(30)10-8-20/h7-14,18-19H,4-6,15-17H2,1-3H3,(H,32,34,39)(H2,33,35,38,41). The summed E-state index contributed by atoms with van der Waals surface area (Å²) in [5.41, 5.74) is 0.921. The molecule has 0 spiro atoms. The molecule has 0 aliphatic carbocycles. The summed E-state index contributed by atoms with van der Waals surface area (Å²) >= 11 is 5.14. The summed E-state index contributed by atoms with van der Waals surface area (Å²) in [6, 6.07) is 12.4. The monoisotopic (exact) mass is 584 g/mol. The molecular weight excluding hydrogens is 550 g/mol. The Morgan fingerprint density at radius 1 is 0.976 bits per heavy atom. The lowest BCUT2D eigenvalue weighted by molar-refractivity contribution is -0.119. The van der Waals surface area contributed by atoms with E-state index < -0.39 is 17.5 Å². The van der Waals surface area contributed by atoms with Gasteiger partial charge in [0.15, 0.2) is 16.7 Å². The van der Waals surface area contributed by atoms with Gasteiger partial charge in [0.25, 0.3) is 0 Å². The Labute approximate surface area is 243 Å². The number of hydrogen-bond acceptors (Lipinski definition) is 6. The molecule has 0 saturated heterocycles. The highest BCUT2D eigenvalue weighted by Crippen LogP contribution is 2.27. The molecule has 0 bridgehead atoms. The number of hydrogen-bond donors (Lipinski definition) is 3. The van der Waals surface area contributed by atoms with Crippen LogP contribution < -0.4 is 20.7 Å². The number of carbonyl (C=O) groups excluding carboxylic acids is 2. The Balaban J connectivity index is 1.51. The van der Waals surface area contributed by atoms with E-state index in [0.717, 1.165) is 26.1 Å². The molecule has 12 heteroatoms. The van der Waals surface area contributed by atoms with Gasteiger partial charge in [-0.05, 0) is 74.2 Å². The number of aromatic nitrogens is 1. The maximum Gasteiger partial charge on any atom is 0.322 e. The SMILES string of the molecule is CCN(CC)CCCN(C)C(=O)Nc1cc(Oc2ccc(NC(=S)NC(=O)Cc3ccc(F)cc3)cc2F)ccn1. The van der Waals surface area contributed by atoms with Crippen molar-refractivity contribution in [1.82, 2.24) is 20.1 Å². The van der Waals surface area contributed by atoms with Crippen molar-refractivity contribution in [3.8, 4) is 11.5 Å². The number of urea groups is 1. The Kier molecular flexibility index (Phi) is 11.9. The van der Waals surface area contributed by atoms with Gasteiger partial charge in [-0.1, -0.05) is 26.0 Å². The normalized spacial score (nSPS) is 10.7. The van der Waals surface area contributed by atoms with E-state index in [2.05, 4.69) is 39.7 Å². The molecule has 0 unspecified atom stereocenters. The van der Waals surface area contributed by atoms with E-state index in [1.54, 1.807) is 18.0 Å². The molecular formula is C29H34F2N6O3S. The number of rotatable bonds is 12. The van der Waals surface area contributed by atoms with Gasteiger partial charge in [-0.15, -0.1) is 0 Å². The molecule has 0 aliphatic rings. The van der Waals surface area contributed by atoms with Gasteiger partial charge in [0.2, 0.25) is 5.91 Å². The molecule has 1 aromatic heterocycles. The number of pyridine rings is 1. The van der Waals surface area contributed by atoms with Crippen molar-refractivity contribution in [2.75, 3.05) is 43.9 Å². The highest BCUT2D eigenvalue weighted by molar-refractivity contribution is 7.80. The van der Waals surface area contributed by atoms with E-state index in [-0.39, 0.29) is 34.9 Å². The third-order valence-electron chi connectivity index (χ3n) is 6.12. The number of benzene rings is 2.